The van der Waals surface area contributed by atoms with Gasteiger partial charge in [-0.15, -0.1) is 0 Å². The lowest BCUT2D eigenvalue weighted by molar-refractivity contribution is 0.0120. The summed E-state index contributed by atoms with van der Waals surface area (Å²) in [6.45, 7) is 3.90. The van der Waals surface area contributed by atoms with Crippen LogP contribution in [-0.2, 0) is 18.3 Å². The lowest BCUT2D eigenvalue weighted by Gasteiger charge is -2.23. The molecule has 4 rings (SSSR count). The standard InChI is InChI=1S/C18H24N4O/c1-21-11-15(10-19-21)12-22-8-7-18(14-22)9-17(13-23-18)20-16-5-3-2-4-6-16/h2-6,10-11,17,20H,7-9,12-14H2,1H3/t17-,18+/m0/s1. The van der Waals surface area contributed by atoms with Crippen LogP contribution in [0.1, 0.15) is 18.4 Å². The van der Waals surface area contributed by atoms with E-state index < -0.39 is 0 Å². The van der Waals surface area contributed by atoms with Gasteiger partial charge < -0.3 is 10.1 Å². The van der Waals surface area contributed by atoms with E-state index in [2.05, 4.69) is 45.8 Å². The molecule has 1 N–H and O–H groups in total. The quantitative estimate of drug-likeness (QED) is 0.940. The fourth-order valence-corrected chi connectivity index (χ4v) is 3.87. The van der Waals surface area contributed by atoms with Crippen molar-refractivity contribution in [2.45, 2.75) is 31.0 Å². The first-order valence-electron chi connectivity index (χ1n) is 8.36. The zero-order chi connectivity index (χ0) is 15.7. The van der Waals surface area contributed by atoms with Crippen LogP contribution in [0, 0.1) is 0 Å². The summed E-state index contributed by atoms with van der Waals surface area (Å²) in [6.07, 6.45) is 6.27. The van der Waals surface area contributed by atoms with Crippen molar-refractivity contribution in [2.24, 2.45) is 7.05 Å². The number of nitrogens with one attached hydrogen (secondary N) is 1. The minimum Gasteiger partial charge on any atom is -0.380 e. The number of aromatic nitrogens is 2. The minimum atomic E-state index is 0.0364. The molecule has 0 amide bonds. The number of ether oxygens (including phenoxy) is 1. The normalized spacial score (nSPS) is 27.8. The fraction of sp³-hybridized carbons (Fsp3) is 0.500. The Morgan fingerprint density at radius 2 is 2.22 bits per heavy atom. The molecule has 2 atom stereocenters. The van der Waals surface area contributed by atoms with E-state index in [0.717, 1.165) is 39.1 Å². The van der Waals surface area contributed by atoms with Crippen LogP contribution in [0.2, 0.25) is 0 Å². The zero-order valence-electron chi connectivity index (χ0n) is 13.6. The number of nitrogens with zero attached hydrogens (tertiary/aromatic N) is 3. The number of para-hydroxylation sites is 1. The molecule has 0 unspecified atom stereocenters. The van der Waals surface area contributed by atoms with Gasteiger partial charge in [0.25, 0.3) is 0 Å². The summed E-state index contributed by atoms with van der Waals surface area (Å²) in [5.41, 5.74) is 2.50. The molecular weight excluding hydrogens is 288 g/mol. The Morgan fingerprint density at radius 1 is 1.35 bits per heavy atom. The van der Waals surface area contributed by atoms with Gasteiger partial charge >= 0.3 is 0 Å². The van der Waals surface area contributed by atoms with Crippen molar-refractivity contribution >= 4 is 5.69 Å². The van der Waals surface area contributed by atoms with Crippen LogP contribution < -0.4 is 5.32 Å². The largest absolute Gasteiger partial charge is 0.380 e. The molecule has 0 radical (unpaired) electrons. The second-order valence-corrected chi connectivity index (χ2v) is 6.89. The van der Waals surface area contributed by atoms with Gasteiger partial charge in [-0.05, 0) is 18.6 Å². The summed E-state index contributed by atoms with van der Waals surface area (Å²) in [5.74, 6) is 0. The SMILES string of the molecule is Cn1cc(CN2CC[C@@]3(C[C@H](Nc4ccccc4)CO3)C2)cn1. The van der Waals surface area contributed by atoms with Crippen LogP contribution >= 0.6 is 0 Å². The monoisotopic (exact) mass is 312 g/mol. The van der Waals surface area contributed by atoms with E-state index in [1.807, 2.05) is 24.0 Å². The Hall–Kier alpha value is -1.85. The molecule has 23 heavy (non-hydrogen) atoms. The number of hydrogen-bond acceptors (Lipinski definition) is 4. The molecule has 2 aromatic rings. The van der Waals surface area contributed by atoms with Crippen molar-refractivity contribution in [2.75, 3.05) is 25.0 Å². The van der Waals surface area contributed by atoms with Gasteiger partial charge in [0, 0.05) is 50.6 Å². The molecule has 0 aliphatic carbocycles. The number of aryl methyl sites for hydroxylation is 1. The maximum atomic E-state index is 6.23. The third kappa shape index (κ3) is 3.26. The molecule has 2 fully saturated rings. The van der Waals surface area contributed by atoms with Gasteiger partial charge in [-0.3, -0.25) is 9.58 Å². The Kier molecular flexibility index (Phi) is 3.83. The summed E-state index contributed by atoms with van der Waals surface area (Å²) < 4.78 is 8.10. The van der Waals surface area contributed by atoms with Gasteiger partial charge in [-0.25, -0.2) is 0 Å². The molecule has 0 saturated carbocycles. The minimum absolute atomic E-state index is 0.0364. The molecular formula is C18H24N4O. The summed E-state index contributed by atoms with van der Waals surface area (Å²) in [6, 6.07) is 10.8. The Labute approximate surface area is 137 Å². The van der Waals surface area contributed by atoms with Crippen LogP contribution in [0.3, 0.4) is 0 Å². The highest BCUT2D eigenvalue weighted by Crippen LogP contribution is 2.36. The van der Waals surface area contributed by atoms with Crippen molar-refractivity contribution in [3.05, 3.63) is 48.3 Å². The lowest BCUT2D eigenvalue weighted by atomic mass is 9.97. The van der Waals surface area contributed by atoms with Gasteiger partial charge in [0.05, 0.1) is 24.4 Å². The maximum Gasteiger partial charge on any atom is 0.0842 e. The molecule has 1 aromatic carbocycles. The molecule has 2 aliphatic rings. The average molecular weight is 312 g/mol. The topological polar surface area (TPSA) is 42.3 Å². The van der Waals surface area contributed by atoms with Gasteiger partial charge in [0.2, 0.25) is 0 Å². The first-order chi connectivity index (χ1) is 11.2. The molecule has 122 valence electrons. The van der Waals surface area contributed by atoms with Crippen LogP contribution in [0.25, 0.3) is 0 Å². The van der Waals surface area contributed by atoms with Gasteiger partial charge in [0.15, 0.2) is 0 Å². The predicted octanol–water partition coefficient (Wildman–Crippen LogP) is 2.27. The second-order valence-electron chi connectivity index (χ2n) is 6.89. The zero-order valence-corrected chi connectivity index (χ0v) is 13.6. The molecule has 0 bridgehead atoms. The lowest BCUT2D eigenvalue weighted by Crippen LogP contribution is -2.33. The Morgan fingerprint density at radius 3 is 3.00 bits per heavy atom. The smallest absolute Gasteiger partial charge is 0.0842 e. The third-order valence-corrected chi connectivity index (χ3v) is 4.91. The number of rotatable bonds is 4. The summed E-state index contributed by atoms with van der Waals surface area (Å²) in [7, 11) is 1.97. The molecule has 2 aliphatic heterocycles. The molecule has 3 heterocycles. The molecule has 5 heteroatoms. The summed E-state index contributed by atoms with van der Waals surface area (Å²) in [4.78, 5) is 2.49. The third-order valence-electron chi connectivity index (χ3n) is 4.91. The van der Waals surface area contributed by atoms with Crippen LogP contribution in [0.15, 0.2) is 42.7 Å². The van der Waals surface area contributed by atoms with Crippen LogP contribution in [0.4, 0.5) is 5.69 Å². The summed E-state index contributed by atoms with van der Waals surface area (Å²) in [5, 5.41) is 7.86. The highest BCUT2D eigenvalue weighted by molar-refractivity contribution is 5.43. The molecule has 1 aromatic heterocycles. The van der Waals surface area contributed by atoms with Crippen molar-refractivity contribution in [1.82, 2.24) is 14.7 Å². The Bertz CT molecular complexity index is 656. The van der Waals surface area contributed by atoms with Crippen molar-refractivity contribution in [3.8, 4) is 0 Å². The van der Waals surface area contributed by atoms with Gasteiger partial charge in [-0.2, -0.15) is 5.10 Å². The van der Waals surface area contributed by atoms with Gasteiger partial charge in [0.1, 0.15) is 0 Å². The van der Waals surface area contributed by atoms with Crippen molar-refractivity contribution in [3.63, 3.8) is 0 Å². The maximum absolute atomic E-state index is 6.23. The van der Waals surface area contributed by atoms with E-state index in [4.69, 9.17) is 4.74 Å². The van der Waals surface area contributed by atoms with Crippen molar-refractivity contribution < 1.29 is 4.74 Å². The van der Waals surface area contributed by atoms with Crippen LogP contribution in [-0.4, -0.2) is 46.0 Å². The van der Waals surface area contributed by atoms with Crippen LogP contribution in [0.5, 0.6) is 0 Å². The van der Waals surface area contributed by atoms with E-state index in [1.165, 1.54) is 11.3 Å². The van der Waals surface area contributed by atoms with E-state index >= 15 is 0 Å². The molecule has 5 nitrogen and oxygen atoms in total. The molecule has 1 spiro atoms. The van der Waals surface area contributed by atoms with E-state index in [9.17, 15) is 0 Å². The highest BCUT2D eigenvalue weighted by Gasteiger charge is 2.45. The number of hydrogen-bond donors (Lipinski definition) is 1. The highest BCUT2D eigenvalue weighted by atomic mass is 16.5. The predicted molar refractivity (Wildman–Crippen MR) is 90.3 cm³/mol. The number of likely N-dealkylation sites (tertiary alicyclic amines) is 1. The fourth-order valence-electron chi connectivity index (χ4n) is 3.87. The summed E-state index contributed by atoms with van der Waals surface area (Å²) >= 11 is 0. The first-order valence-corrected chi connectivity index (χ1v) is 8.36. The number of benzene rings is 1. The molecule has 2 saturated heterocycles. The first kappa shape index (κ1) is 14.7. The number of anilines is 1. The van der Waals surface area contributed by atoms with Crippen molar-refractivity contribution in [1.29, 1.82) is 0 Å². The van der Waals surface area contributed by atoms with Gasteiger partial charge in [-0.1, -0.05) is 18.2 Å². The second kappa shape index (κ2) is 5.98. The van der Waals surface area contributed by atoms with E-state index in [1.54, 1.807) is 0 Å². The average Bonchev–Trinajstić information content (AvgIpc) is 3.24. The van der Waals surface area contributed by atoms with E-state index in [0.29, 0.717) is 6.04 Å². The van der Waals surface area contributed by atoms with E-state index in [-0.39, 0.29) is 5.60 Å². The Balaban J connectivity index is 1.34.